The van der Waals surface area contributed by atoms with Gasteiger partial charge in [-0.15, -0.1) is 0 Å². The van der Waals surface area contributed by atoms with Crippen LogP contribution in [0.2, 0.25) is 0 Å². The predicted molar refractivity (Wildman–Crippen MR) is 95.0 cm³/mol. The average molecular weight is 332 g/mol. The van der Waals surface area contributed by atoms with Crippen molar-refractivity contribution in [2.45, 2.75) is 33.6 Å². The second-order valence-electron chi connectivity index (χ2n) is 6.08. The number of pyridine rings is 1. The minimum atomic E-state index is 0.0859. The summed E-state index contributed by atoms with van der Waals surface area (Å²) in [6, 6.07) is 4.06. The first-order chi connectivity index (χ1) is 11.5. The van der Waals surface area contributed by atoms with E-state index in [1.54, 1.807) is 11.8 Å². The summed E-state index contributed by atoms with van der Waals surface area (Å²) in [5.74, 6) is 1.22. The highest BCUT2D eigenvalue weighted by molar-refractivity contribution is 5.77. The molecule has 0 aromatic carbocycles. The quantitative estimate of drug-likeness (QED) is 0.793. The third kappa shape index (κ3) is 4.69. The molecule has 0 saturated carbocycles. The van der Waals surface area contributed by atoms with Crippen LogP contribution in [0, 0.1) is 0 Å². The number of aromatic nitrogens is 1. The SMILES string of the molecule is CCN(CC)c1cc(CCC(=O)N2CCN(C(C)=O)CC2)ccn1. The van der Waals surface area contributed by atoms with Gasteiger partial charge in [0.25, 0.3) is 0 Å². The number of nitrogens with zero attached hydrogens (tertiary/aromatic N) is 4. The molecule has 1 aromatic heterocycles. The Hall–Kier alpha value is -2.11. The summed E-state index contributed by atoms with van der Waals surface area (Å²) in [4.78, 5) is 34.0. The van der Waals surface area contributed by atoms with Gasteiger partial charge in [0, 0.05) is 58.8 Å². The summed E-state index contributed by atoms with van der Waals surface area (Å²) in [7, 11) is 0. The van der Waals surface area contributed by atoms with Gasteiger partial charge in [-0.2, -0.15) is 0 Å². The fourth-order valence-corrected chi connectivity index (χ4v) is 3.02. The van der Waals surface area contributed by atoms with Crippen LogP contribution < -0.4 is 4.90 Å². The Bertz CT molecular complexity index is 564. The normalized spacial score (nSPS) is 14.6. The highest BCUT2D eigenvalue weighted by Gasteiger charge is 2.21. The minimum Gasteiger partial charge on any atom is -0.357 e. The van der Waals surface area contributed by atoms with Gasteiger partial charge in [-0.25, -0.2) is 4.98 Å². The standard InChI is InChI=1S/C18H28N4O2/c1-4-20(5-2)17-14-16(8-9-19-17)6-7-18(24)22-12-10-21(11-13-22)15(3)23/h8-9,14H,4-7,10-13H2,1-3H3. The van der Waals surface area contributed by atoms with Crippen LogP contribution in [-0.4, -0.2) is 65.9 Å². The molecule has 2 rings (SSSR count). The molecule has 0 radical (unpaired) electrons. The lowest BCUT2D eigenvalue weighted by atomic mass is 10.1. The summed E-state index contributed by atoms with van der Waals surface area (Å²) in [6.07, 6.45) is 3.05. The molecule has 6 nitrogen and oxygen atoms in total. The Morgan fingerprint density at radius 1 is 1.12 bits per heavy atom. The molecule has 2 heterocycles. The van der Waals surface area contributed by atoms with E-state index in [0.717, 1.165) is 30.9 Å². The van der Waals surface area contributed by atoms with Gasteiger partial charge < -0.3 is 14.7 Å². The number of amides is 2. The van der Waals surface area contributed by atoms with E-state index in [-0.39, 0.29) is 11.8 Å². The molecule has 0 aliphatic carbocycles. The van der Waals surface area contributed by atoms with Crippen molar-refractivity contribution in [2.75, 3.05) is 44.2 Å². The fourth-order valence-electron chi connectivity index (χ4n) is 3.02. The van der Waals surface area contributed by atoms with E-state index in [4.69, 9.17) is 0 Å². The van der Waals surface area contributed by atoms with Crippen LogP contribution in [-0.2, 0) is 16.0 Å². The second kappa shape index (κ2) is 8.66. The predicted octanol–water partition coefficient (Wildman–Crippen LogP) is 1.55. The third-order valence-electron chi connectivity index (χ3n) is 4.60. The van der Waals surface area contributed by atoms with Crippen molar-refractivity contribution >= 4 is 17.6 Å². The highest BCUT2D eigenvalue weighted by atomic mass is 16.2. The first-order valence-electron chi connectivity index (χ1n) is 8.78. The van der Waals surface area contributed by atoms with Gasteiger partial charge in [-0.3, -0.25) is 9.59 Å². The molecule has 1 aliphatic heterocycles. The number of hydrogen-bond acceptors (Lipinski definition) is 4. The molecule has 1 aromatic rings. The number of carbonyl (C=O) groups excluding carboxylic acids is 2. The van der Waals surface area contributed by atoms with E-state index in [9.17, 15) is 9.59 Å². The summed E-state index contributed by atoms with van der Waals surface area (Å²) in [5, 5.41) is 0. The van der Waals surface area contributed by atoms with Crippen LogP contribution in [0.3, 0.4) is 0 Å². The lowest BCUT2D eigenvalue weighted by Gasteiger charge is -2.34. The molecule has 132 valence electrons. The van der Waals surface area contributed by atoms with Crippen molar-refractivity contribution < 1.29 is 9.59 Å². The molecule has 1 saturated heterocycles. The Morgan fingerprint density at radius 2 is 1.75 bits per heavy atom. The van der Waals surface area contributed by atoms with Gasteiger partial charge in [-0.1, -0.05) is 0 Å². The van der Waals surface area contributed by atoms with E-state index in [1.807, 2.05) is 17.2 Å². The Kier molecular flexibility index (Phi) is 6.58. The summed E-state index contributed by atoms with van der Waals surface area (Å²) in [5.41, 5.74) is 1.14. The van der Waals surface area contributed by atoms with Crippen molar-refractivity contribution in [1.82, 2.24) is 14.8 Å². The lowest BCUT2D eigenvalue weighted by Crippen LogP contribution is -2.50. The molecule has 6 heteroatoms. The molecule has 1 aliphatic rings. The van der Waals surface area contributed by atoms with Gasteiger partial charge in [-0.05, 0) is 38.0 Å². The average Bonchev–Trinajstić information content (AvgIpc) is 2.61. The number of hydrogen-bond donors (Lipinski definition) is 0. The topological polar surface area (TPSA) is 56.8 Å². The Labute approximate surface area is 144 Å². The van der Waals surface area contributed by atoms with Crippen LogP contribution >= 0.6 is 0 Å². The smallest absolute Gasteiger partial charge is 0.223 e. The summed E-state index contributed by atoms with van der Waals surface area (Å²) < 4.78 is 0. The van der Waals surface area contributed by atoms with Gasteiger partial charge >= 0.3 is 0 Å². The van der Waals surface area contributed by atoms with Gasteiger partial charge in [0.1, 0.15) is 5.82 Å². The molecule has 2 amide bonds. The van der Waals surface area contributed by atoms with Gasteiger partial charge in [0.2, 0.25) is 11.8 Å². The van der Waals surface area contributed by atoms with E-state index in [0.29, 0.717) is 32.6 Å². The van der Waals surface area contributed by atoms with Gasteiger partial charge in [0.05, 0.1) is 0 Å². The highest BCUT2D eigenvalue weighted by Crippen LogP contribution is 2.14. The van der Waals surface area contributed by atoms with Crippen LogP contribution in [0.5, 0.6) is 0 Å². The van der Waals surface area contributed by atoms with Crippen molar-refractivity contribution in [2.24, 2.45) is 0 Å². The first-order valence-corrected chi connectivity index (χ1v) is 8.78. The van der Waals surface area contributed by atoms with Crippen molar-refractivity contribution in [1.29, 1.82) is 0 Å². The molecule has 0 spiro atoms. The fraction of sp³-hybridized carbons (Fsp3) is 0.611. The minimum absolute atomic E-state index is 0.0859. The molecule has 1 fully saturated rings. The monoisotopic (exact) mass is 332 g/mol. The van der Waals surface area contributed by atoms with Crippen LogP contribution in [0.25, 0.3) is 0 Å². The number of rotatable bonds is 6. The van der Waals surface area contributed by atoms with Crippen molar-refractivity contribution in [3.05, 3.63) is 23.9 Å². The summed E-state index contributed by atoms with van der Waals surface area (Å²) >= 11 is 0. The maximum atomic E-state index is 12.4. The molecule has 0 N–H and O–H groups in total. The first kappa shape index (κ1) is 18.2. The number of anilines is 1. The van der Waals surface area contributed by atoms with Crippen LogP contribution in [0.15, 0.2) is 18.3 Å². The molecule has 0 atom stereocenters. The summed E-state index contributed by atoms with van der Waals surface area (Å²) in [6.45, 7) is 10.2. The third-order valence-corrected chi connectivity index (χ3v) is 4.60. The number of piperazine rings is 1. The molecule has 24 heavy (non-hydrogen) atoms. The van der Waals surface area contributed by atoms with E-state index >= 15 is 0 Å². The molecule has 0 bridgehead atoms. The number of aryl methyl sites for hydroxylation is 1. The Morgan fingerprint density at radius 3 is 2.33 bits per heavy atom. The zero-order valence-corrected chi connectivity index (χ0v) is 15.0. The van der Waals surface area contributed by atoms with E-state index < -0.39 is 0 Å². The maximum absolute atomic E-state index is 12.4. The Balaban J connectivity index is 1.86. The van der Waals surface area contributed by atoms with Crippen molar-refractivity contribution in [3.8, 4) is 0 Å². The van der Waals surface area contributed by atoms with E-state index in [2.05, 4.69) is 29.8 Å². The largest absolute Gasteiger partial charge is 0.357 e. The van der Waals surface area contributed by atoms with E-state index in [1.165, 1.54) is 0 Å². The molecule has 0 unspecified atom stereocenters. The van der Waals surface area contributed by atoms with Crippen LogP contribution in [0.4, 0.5) is 5.82 Å². The van der Waals surface area contributed by atoms with Gasteiger partial charge in [0.15, 0.2) is 0 Å². The molecular weight excluding hydrogens is 304 g/mol. The molecular formula is C18H28N4O2. The van der Waals surface area contributed by atoms with Crippen LogP contribution in [0.1, 0.15) is 32.8 Å². The maximum Gasteiger partial charge on any atom is 0.223 e. The second-order valence-corrected chi connectivity index (χ2v) is 6.08. The zero-order chi connectivity index (χ0) is 17.5. The lowest BCUT2D eigenvalue weighted by molar-refractivity contribution is -0.138. The van der Waals surface area contributed by atoms with Crippen molar-refractivity contribution in [3.63, 3.8) is 0 Å². The number of carbonyl (C=O) groups is 2. The zero-order valence-electron chi connectivity index (χ0n) is 15.0.